The summed E-state index contributed by atoms with van der Waals surface area (Å²) in [6.45, 7) is 2.24. The van der Waals surface area contributed by atoms with Crippen LogP contribution in [-0.4, -0.2) is 17.9 Å². The Balaban J connectivity index is 1.91. The van der Waals surface area contributed by atoms with Crippen molar-refractivity contribution in [3.05, 3.63) is 0 Å². The standard InChI is InChI=1S/C19H32O3/c1-2-3-4-5-6-7-8-9-10-11-12-13-14-19(16-20)17(21)15-18(19)22/h16H,2-15H2,1H3. The van der Waals surface area contributed by atoms with Gasteiger partial charge < -0.3 is 4.79 Å². The normalized spacial score (nSPS) is 16.6. The molecule has 0 radical (unpaired) electrons. The number of hydrogen-bond donors (Lipinski definition) is 0. The summed E-state index contributed by atoms with van der Waals surface area (Å²) in [5.41, 5.74) is -1.24. The van der Waals surface area contributed by atoms with Crippen molar-refractivity contribution in [2.24, 2.45) is 5.41 Å². The number of hydrogen-bond acceptors (Lipinski definition) is 3. The molecule has 126 valence electrons. The van der Waals surface area contributed by atoms with Crippen molar-refractivity contribution in [2.45, 2.75) is 96.8 Å². The highest BCUT2D eigenvalue weighted by molar-refractivity contribution is 6.33. The second-order valence-corrected chi connectivity index (χ2v) is 6.75. The van der Waals surface area contributed by atoms with Crippen molar-refractivity contribution in [2.75, 3.05) is 0 Å². The molecular weight excluding hydrogens is 276 g/mol. The van der Waals surface area contributed by atoms with Crippen molar-refractivity contribution in [3.63, 3.8) is 0 Å². The van der Waals surface area contributed by atoms with Crippen LogP contribution in [0.25, 0.3) is 0 Å². The van der Waals surface area contributed by atoms with E-state index in [1.165, 1.54) is 57.8 Å². The van der Waals surface area contributed by atoms with Gasteiger partial charge in [-0.05, 0) is 6.42 Å². The van der Waals surface area contributed by atoms with E-state index in [4.69, 9.17) is 0 Å². The Morgan fingerprint density at radius 2 is 1.18 bits per heavy atom. The van der Waals surface area contributed by atoms with E-state index in [2.05, 4.69) is 6.92 Å². The number of unbranched alkanes of at least 4 members (excludes halogenated alkanes) is 11. The molecule has 0 aliphatic heterocycles. The molecule has 0 atom stereocenters. The molecule has 0 aromatic heterocycles. The van der Waals surface area contributed by atoms with Gasteiger partial charge in [0.05, 0.1) is 6.42 Å². The van der Waals surface area contributed by atoms with Crippen LogP contribution < -0.4 is 0 Å². The van der Waals surface area contributed by atoms with Crippen LogP contribution >= 0.6 is 0 Å². The number of carbonyl (C=O) groups is 3. The summed E-state index contributed by atoms with van der Waals surface area (Å²) in [6.07, 6.45) is 15.9. The maximum absolute atomic E-state index is 11.5. The third-order valence-corrected chi connectivity index (χ3v) is 4.94. The first-order valence-electron chi connectivity index (χ1n) is 9.20. The largest absolute Gasteiger partial charge is 0.302 e. The Hall–Kier alpha value is -0.990. The fraction of sp³-hybridized carbons (Fsp3) is 0.842. The molecule has 0 bridgehead atoms. The van der Waals surface area contributed by atoms with Crippen molar-refractivity contribution in [1.82, 2.24) is 0 Å². The highest BCUT2D eigenvalue weighted by atomic mass is 16.2. The van der Waals surface area contributed by atoms with Gasteiger partial charge in [0.25, 0.3) is 0 Å². The number of ketones is 2. The summed E-state index contributed by atoms with van der Waals surface area (Å²) in [6, 6.07) is 0. The Labute approximate surface area is 135 Å². The van der Waals surface area contributed by atoms with E-state index in [-0.39, 0.29) is 18.0 Å². The maximum atomic E-state index is 11.5. The van der Waals surface area contributed by atoms with Crippen molar-refractivity contribution in [1.29, 1.82) is 0 Å². The zero-order valence-electron chi connectivity index (χ0n) is 14.2. The molecule has 0 saturated heterocycles. The minimum Gasteiger partial charge on any atom is -0.302 e. The Morgan fingerprint density at radius 1 is 0.773 bits per heavy atom. The van der Waals surface area contributed by atoms with Crippen LogP contribution in [0, 0.1) is 5.41 Å². The molecule has 0 amide bonds. The molecule has 0 heterocycles. The predicted octanol–water partition coefficient (Wildman–Crippen LogP) is 4.80. The van der Waals surface area contributed by atoms with Crippen LogP contribution in [0.4, 0.5) is 0 Å². The summed E-state index contributed by atoms with van der Waals surface area (Å²) in [4.78, 5) is 34.0. The van der Waals surface area contributed by atoms with Gasteiger partial charge in [0.15, 0.2) is 11.6 Å². The second kappa shape index (κ2) is 10.7. The number of Topliss-reactive ketones (excluding diaryl/α,β-unsaturated/α-hetero) is 2. The molecule has 0 N–H and O–H groups in total. The molecule has 1 aliphatic carbocycles. The molecular formula is C19H32O3. The molecule has 3 nitrogen and oxygen atoms in total. The van der Waals surface area contributed by atoms with Crippen LogP contribution in [0.2, 0.25) is 0 Å². The first kappa shape index (κ1) is 19.1. The summed E-state index contributed by atoms with van der Waals surface area (Å²) in [5, 5.41) is 0. The van der Waals surface area contributed by atoms with Crippen LogP contribution in [0.1, 0.15) is 96.8 Å². The van der Waals surface area contributed by atoms with Crippen LogP contribution in [-0.2, 0) is 14.4 Å². The van der Waals surface area contributed by atoms with Crippen LogP contribution in [0.15, 0.2) is 0 Å². The molecule has 1 saturated carbocycles. The molecule has 3 heteroatoms. The van der Waals surface area contributed by atoms with Crippen molar-refractivity contribution in [3.8, 4) is 0 Å². The second-order valence-electron chi connectivity index (χ2n) is 6.75. The summed E-state index contributed by atoms with van der Waals surface area (Å²) in [7, 11) is 0. The van der Waals surface area contributed by atoms with Gasteiger partial charge in [0.1, 0.15) is 11.7 Å². The smallest absolute Gasteiger partial charge is 0.160 e. The lowest BCUT2D eigenvalue weighted by Gasteiger charge is -2.32. The van der Waals surface area contributed by atoms with E-state index in [1.54, 1.807) is 0 Å². The van der Waals surface area contributed by atoms with Gasteiger partial charge in [0, 0.05) is 0 Å². The Morgan fingerprint density at radius 3 is 1.55 bits per heavy atom. The fourth-order valence-corrected chi connectivity index (χ4v) is 3.22. The van der Waals surface area contributed by atoms with Crippen LogP contribution in [0.3, 0.4) is 0 Å². The molecule has 1 fully saturated rings. The monoisotopic (exact) mass is 308 g/mol. The average molecular weight is 308 g/mol. The predicted molar refractivity (Wildman–Crippen MR) is 88.8 cm³/mol. The molecule has 0 unspecified atom stereocenters. The summed E-state index contributed by atoms with van der Waals surface area (Å²) >= 11 is 0. The van der Waals surface area contributed by atoms with E-state index in [0.29, 0.717) is 12.7 Å². The number of rotatable bonds is 14. The average Bonchev–Trinajstić information content (AvgIpc) is 2.52. The first-order chi connectivity index (χ1) is 10.7. The number of carbonyl (C=O) groups excluding carboxylic acids is 3. The lowest BCUT2D eigenvalue weighted by atomic mass is 9.64. The molecule has 22 heavy (non-hydrogen) atoms. The van der Waals surface area contributed by atoms with Gasteiger partial charge in [-0.3, -0.25) is 9.59 Å². The third-order valence-electron chi connectivity index (χ3n) is 4.94. The lowest BCUT2D eigenvalue weighted by molar-refractivity contribution is -0.155. The van der Waals surface area contributed by atoms with E-state index in [0.717, 1.165) is 19.3 Å². The first-order valence-corrected chi connectivity index (χ1v) is 9.20. The highest BCUT2D eigenvalue weighted by Gasteiger charge is 2.53. The molecule has 0 spiro atoms. The van der Waals surface area contributed by atoms with Gasteiger partial charge in [-0.2, -0.15) is 0 Å². The zero-order valence-corrected chi connectivity index (χ0v) is 14.2. The highest BCUT2D eigenvalue weighted by Crippen LogP contribution is 2.36. The third kappa shape index (κ3) is 5.66. The zero-order chi connectivity index (χ0) is 16.3. The van der Waals surface area contributed by atoms with E-state index >= 15 is 0 Å². The van der Waals surface area contributed by atoms with Crippen molar-refractivity contribution >= 4 is 17.9 Å². The van der Waals surface area contributed by atoms with Gasteiger partial charge in [-0.15, -0.1) is 0 Å². The molecule has 1 rings (SSSR count). The minimum absolute atomic E-state index is 0.0308. The van der Waals surface area contributed by atoms with E-state index < -0.39 is 5.41 Å². The topological polar surface area (TPSA) is 51.2 Å². The van der Waals surface area contributed by atoms with Gasteiger partial charge in [-0.1, -0.05) is 84.0 Å². The number of aldehydes is 1. The molecule has 1 aliphatic rings. The molecule has 0 aromatic carbocycles. The van der Waals surface area contributed by atoms with Crippen LogP contribution in [0.5, 0.6) is 0 Å². The van der Waals surface area contributed by atoms with Gasteiger partial charge >= 0.3 is 0 Å². The summed E-state index contributed by atoms with van der Waals surface area (Å²) < 4.78 is 0. The minimum atomic E-state index is -1.24. The van der Waals surface area contributed by atoms with Crippen molar-refractivity contribution < 1.29 is 14.4 Å². The summed E-state index contributed by atoms with van der Waals surface area (Å²) in [5.74, 6) is -0.342. The van der Waals surface area contributed by atoms with E-state index in [9.17, 15) is 14.4 Å². The Kier molecular flexibility index (Phi) is 9.26. The van der Waals surface area contributed by atoms with Gasteiger partial charge in [-0.25, -0.2) is 0 Å². The SMILES string of the molecule is CCCCCCCCCCCCCCC1(C=O)C(=O)CC1=O. The fourth-order valence-electron chi connectivity index (χ4n) is 3.22. The quantitative estimate of drug-likeness (QED) is 0.263. The lowest BCUT2D eigenvalue weighted by Crippen LogP contribution is -2.51. The maximum Gasteiger partial charge on any atom is 0.160 e. The van der Waals surface area contributed by atoms with E-state index in [1.807, 2.05) is 0 Å². The molecule has 0 aromatic rings. The Bertz CT molecular complexity index is 346. The van der Waals surface area contributed by atoms with Gasteiger partial charge in [0.2, 0.25) is 0 Å².